The highest BCUT2D eigenvalue weighted by Gasteiger charge is 1.99. The second-order valence-electron chi connectivity index (χ2n) is 7.21. The molecule has 0 amide bonds. The first-order valence-corrected chi connectivity index (χ1v) is 10.6. The SMILES string of the molecule is CCCCCCOc1ccc(CNc2ccc(OCc3ccccc3)cc2)cc1. The van der Waals surface area contributed by atoms with E-state index < -0.39 is 0 Å². The second-order valence-corrected chi connectivity index (χ2v) is 7.21. The largest absolute Gasteiger partial charge is 0.494 e. The fraction of sp³-hybridized carbons (Fsp3) is 0.308. The van der Waals surface area contributed by atoms with Crippen LogP contribution in [-0.4, -0.2) is 6.61 Å². The molecule has 0 aliphatic heterocycles. The van der Waals surface area contributed by atoms with E-state index in [1.165, 1.54) is 30.4 Å². The summed E-state index contributed by atoms with van der Waals surface area (Å²) in [6.07, 6.45) is 4.91. The lowest BCUT2D eigenvalue weighted by atomic mass is 10.2. The van der Waals surface area contributed by atoms with Gasteiger partial charge in [-0.1, -0.05) is 68.7 Å². The van der Waals surface area contributed by atoms with E-state index in [1.54, 1.807) is 0 Å². The molecule has 0 saturated carbocycles. The minimum absolute atomic E-state index is 0.584. The quantitative estimate of drug-likeness (QED) is 0.344. The summed E-state index contributed by atoms with van der Waals surface area (Å²) < 4.78 is 11.6. The van der Waals surface area contributed by atoms with Gasteiger partial charge in [-0.05, 0) is 53.9 Å². The Morgan fingerprint density at radius 1 is 0.655 bits per heavy atom. The Kier molecular flexibility index (Phi) is 8.46. The van der Waals surface area contributed by atoms with E-state index in [1.807, 2.05) is 42.5 Å². The zero-order chi connectivity index (χ0) is 20.2. The highest BCUT2D eigenvalue weighted by Crippen LogP contribution is 2.19. The number of benzene rings is 3. The van der Waals surface area contributed by atoms with Crippen LogP contribution < -0.4 is 14.8 Å². The summed E-state index contributed by atoms with van der Waals surface area (Å²) in [5, 5.41) is 3.45. The van der Waals surface area contributed by atoms with Crippen LogP contribution in [0.2, 0.25) is 0 Å². The van der Waals surface area contributed by atoms with Gasteiger partial charge in [-0.25, -0.2) is 0 Å². The van der Waals surface area contributed by atoms with Gasteiger partial charge in [0.2, 0.25) is 0 Å². The maximum Gasteiger partial charge on any atom is 0.119 e. The third kappa shape index (κ3) is 7.53. The first-order valence-electron chi connectivity index (χ1n) is 10.6. The molecule has 0 spiro atoms. The van der Waals surface area contributed by atoms with Crippen molar-refractivity contribution in [3.8, 4) is 11.5 Å². The van der Waals surface area contributed by atoms with Crippen molar-refractivity contribution in [2.24, 2.45) is 0 Å². The van der Waals surface area contributed by atoms with Gasteiger partial charge in [-0.3, -0.25) is 0 Å². The summed E-state index contributed by atoms with van der Waals surface area (Å²) in [5.41, 5.74) is 3.48. The highest BCUT2D eigenvalue weighted by atomic mass is 16.5. The average molecular weight is 390 g/mol. The monoisotopic (exact) mass is 389 g/mol. The molecular weight excluding hydrogens is 358 g/mol. The molecule has 3 rings (SSSR count). The van der Waals surface area contributed by atoms with Gasteiger partial charge in [0.1, 0.15) is 18.1 Å². The molecule has 3 aromatic carbocycles. The molecule has 29 heavy (non-hydrogen) atoms. The Bertz CT molecular complexity index is 814. The molecule has 0 fully saturated rings. The van der Waals surface area contributed by atoms with Crippen LogP contribution in [0, 0.1) is 0 Å². The molecule has 0 atom stereocenters. The number of anilines is 1. The molecule has 0 radical (unpaired) electrons. The molecule has 1 N–H and O–H groups in total. The topological polar surface area (TPSA) is 30.5 Å². The van der Waals surface area contributed by atoms with E-state index in [4.69, 9.17) is 9.47 Å². The van der Waals surface area contributed by atoms with Crippen LogP contribution in [0.25, 0.3) is 0 Å². The number of nitrogens with one attached hydrogen (secondary N) is 1. The third-order valence-electron chi connectivity index (χ3n) is 4.79. The van der Waals surface area contributed by atoms with Gasteiger partial charge in [0, 0.05) is 12.2 Å². The summed E-state index contributed by atoms with van der Waals surface area (Å²) in [6.45, 7) is 4.39. The molecule has 0 aliphatic rings. The first-order chi connectivity index (χ1) is 14.3. The maximum atomic E-state index is 5.84. The molecule has 3 nitrogen and oxygen atoms in total. The first kappa shape index (κ1) is 20.8. The molecule has 152 valence electrons. The molecular formula is C26H31NO2. The second kappa shape index (κ2) is 11.8. The number of hydrogen-bond donors (Lipinski definition) is 1. The van der Waals surface area contributed by atoms with Crippen LogP contribution in [-0.2, 0) is 13.2 Å². The predicted molar refractivity (Wildman–Crippen MR) is 121 cm³/mol. The Hall–Kier alpha value is -2.94. The summed E-state index contributed by atoms with van der Waals surface area (Å²) in [7, 11) is 0. The molecule has 0 aliphatic carbocycles. The van der Waals surface area contributed by atoms with Gasteiger partial charge in [0.25, 0.3) is 0 Å². The van der Waals surface area contributed by atoms with Crippen molar-refractivity contribution in [3.63, 3.8) is 0 Å². The van der Waals surface area contributed by atoms with Crippen molar-refractivity contribution in [2.75, 3.05) is 11.9 Å². The minimum Gasteiger partial charge on any atom is -0.494 e. The molecule has 0 bridgehead atoms. The summed E-state index contributed by atoms with van der Waals surface area (Å²) in [4.78, 5) is 0. The van der Waals surface area contributed by atoms with Crippen molar-refractivity contribution in [2.45, 2.75) is 45.8 Å². The van der Waals surface area contributed by atoms with Gasteiger partial charge in [-0.15, -0.1) is 0 Å². The Morgan fingerprint density at radius 3 is 2.07 bits per heavy atom. The summed E-state index contributed by atoms with van der Waals surface area (Å²) >= 11 is 0. The fourth-order valence-electron chi connectivity index (χ4n) is 3.04. The van der Waals surface area contributed by atoms with Crippen molar-refractivity contribution in [1.82, 2.24) is 0 Å². The lowest BCUT2D eigenvalue weighted by Gasteiger charge is -2.10. The van der Waals surface area contributed by atoms with Gasteiger partial charge < -0.3 is 14.8 Å². The summed E-state index contributed by atoms with van der Waals surface area (Å²) in [5.74, 6) is 1.82. The van der Waals surface area contributed by atoms with Gasteiger partial charge in [0.05, 0.1) is 6.61 Å². The molecule has 0 saturated heterocycles. The highest BCUT2D eigenvalue weighted by molar-refractivity contribution is 5.47. The maximum absolute atomic E-state index is 5.84. The normalized spacial score (nSPS) is 10.5. The fourth-order valence-corrected chi connectivity index (χ4v) is 3.04. The van der Waals surface area contributed by atoms with Crippen LogP contribution in [0.1, 0.15) is 43.7 Å². The van der Waals surface area contributed by atoms with Crippen molar-refractivity contribution in [3.05, 3.63) is 90.0 Å². The number of rotatable bonds is 12. The average Bonchev–Trinajstić information content (AvgIpc) is 2.78. The lowest BCUT2D eigenvalue weighted by molar-refractivity contribution is 0.305. The zero-order valence-electron chi connectivity index (χ0n) is 17.3. The Morgan fingerprint density at radius 2 is 1.34 bits per heavy atom. The number of hydrogen-bond acceptors (Lipinski definition) is 3. The van der Waals surface area contributed by atoms with Crippen molar-refractivity contribution >= 4 is 5.69 Å². The van der Waals surface area contributed by atoms with E-state index in [0.29, 0.717) is 6.61 Å². The van der Waals surface area contributed by atoms with Crippen LogP contribution in [0.5, 0.6) is 11.5 Å². The van der Waals surface area contributed by atoms with E-state index >= 15 is 0 Å². The smallest absolute Gasteiger partial charge is 0.119 e. The number of ether oxygens (including phenoxy) is 2. The standard InChI is InChI=1S/C26H31NO2/c1-2-3-4-8-19-28-25-15-11-22(12-16-25)20-27-24-13-17-26(18-14-24)29-21-23-9-6-5-7-10-23/h5-7,9-18,27H,2-4,8,19-21H2,1H3. The minimum atomic E-state index is 0.584. The zero-order valence-corrected chi connectivity index (χ0v) is 17.3. The molecule has 0 heterocycles. The summed E-state index contributed by atoms with van der Waals surface area (Å²) in [6, 6.07) is 26.6. The molecule has 0 aromatic heterocycles. The van der Waals surface area contributed by atoms with Crippen LogP contribution in [0.4, 0.5) is 5.69 Å². The molecule has 3 aromatic rings. The van der Waals surface area contributed by atoms with E-state index in [9.17, 15) is 0 Å². The third-order valence-corrected chi connectivity index (χ3v) is 4.79. The lowest BCUT2D eigenvalue weighted by Crippen LogP contribution is -2.01. The van der Waals surface area contributed by atoms with Gasteiger partial charge in [0.15, 0.2) is 0 Å². The van der Waals surface area contributed by atoms with Crippen molar-refractivity contribution in [1.29, 1.82) is 0 Å². The van der Waals surface area contributed by atoms with E-state index in [-0.39, 0.29) is 0 Å². The molecule has 3 heteroatoms. The van der Waals surface area contributed by atoms with Crippen LogP contribution in [0.3, 0.4) is 0 Å². The Labute approximate surface area is 174 Å². The van der Waals surface area contributed by atoms with Gasteiger partial charge >= 0.3 is 0 Å². The predicted octanol–water partition coefficient (Wildman–Crippen LogP) is 6.84. The van der Waals surface area contributed by atoms with Crippen LogP contribution >= 0.6 is 0 Å². The van der Waals surface area contributed by atoms with Crippen LogP contribution in [0.15, 0.2) is 78.9 Å². The van der Waals surface area contributed by atoms with E-state index in [0.717, 1.165) is 36.8 Å². The van der Waals surface area contributed by atoms with E-state index in [2.05, 4.69) is 48.6 Å². The van der Waals surface area contributed by atoms with Gasteiger partial charge in [-0.2, -0.15) is 0 Å². The Balaban J connectivity index is 1.39. The molecule has 0 unspecified atom stereocenters. The number of unbranched alkanes of at least 4 members (excludes halogenated alkanes) is 3. The van der Waals surface area contributed by atoms with Crippen molar-refractivity contribution < 1.29 is 9.47 Å².